The van der Waals surface area contributed by atoms with Gasteiger partial charge in [-0.05, 0) is 94.2 Å². The van der Waals surface area contributed by atoms with Gasteiger partial charge in [0.15, 0.2) is 0 Å². The van der Waals surface area contributed by atoms with E-state index in [4.69, 9.17) is 0 Å². The standard InChI is InChI=1S/C49H36N2/c1-3-5-18-35(4-2)50(36-19-8-6-9-20-36)38-31-29-34(30-32-38)44-33-45-40-24-13-15-26-42(40)49-48(47(45)41-25-14-12-23-39(41)44)43-27-16-17-28-46(43)51(49)37-21-10-7-11-22-37/h3-33H,1H2,2H3/b18-5-,35-4+. The summed E-state index contributed by atoms with van der Waals surface area (Å²) in [4.78, 5) is 2.29. The van der Waals surface area contributed by atoms with Crippen LogP contribution in [-0.4, -0.2) is 4.57 Å². The van der Waals surface area contributed by atoms with Gasteiger partial charge in [0.05, 0.1) is 11.0 Å². The smallest absolute Gasteiger partial charge is 0.0626 e. The van der Waals surface area contributed by atoms with Crippen LogP contribution in [0.15, 0.2) is 200 Å². The third kappa shape index (κ3) is 4.95. The molecule has 0 aliphatic heterocycles. The summed E-state index contributed by atoms with van der Waals surface area (Å²) in [6.45, 7) is 5.97. The van der Waals surface area contributed by atoms with Crippen LogP contribution in [0.4, 0.5) is 11.4 Å². The third-order valence-corrected chi connectivity index (χ3v) is 10.1. The van der Waals surface area contributed by atoms with Crippen LogP contribution in [-0.2, 0) is 0 Å². The molecule has 242 valence electrons. The Hall–Kier alpha value is -6.64. The molecular weight excluding hydrogens is 617 g/mol. The molecule has 0 spiro atoms. The summed E-state index contributed by atoms with van der Waals surface area (Å²) in [5, 5.41) is 10.1. The van der Waals surface area contributed by atoms with E-state index in [-0.39, 0.29) is 0 Å². The van der Waals surface area contributed by atoms with Crippen molar-refractivity contribution in [3.05, 3.63) is 200 Å². The van der Waals surface area contributed by atoms with Crippen LogP contribution in [0.3, 0.4) is 0 Å². The van der Waals surface area contributed by atoms with E-state index in [0.29, 0.717) is 0 Å². The lowest BCUT2D eigenvalue weighted by Crippen LogP contribution is -2.14. The van der Waals surface area contributed by atoms with Crippen molar-refractivity contribution in [2.75, 3.05) is 4.90 Å². The van der Waals surface area contributed by atoms with Crippen LogP contribution in [0, 0.1) is 0 Å². The second kappa shape index (κ2) is 12.7. The monoisotopic (exact) mass is 652 g/mol. The third-order valence-electron chi connectivity index (χ3n) is 10.1. The Balaban J connectivity index is 1.33. The number of allylic oxidation sites excluding steroid dienone is 4. The SMILES string of the molecule is C=C/C=C\C(=C/C)N(c1ccccc1)c1ccc(-c2cc3c4ccccc4c4c(c5ccccc5n4-c4ccccc4)c3c3ccccc23)cc1. The number of benzene rings is 8. The van der Waals surface area contributed by atoms with E-state index in [0.717, 1.165) is 17.1 Å². The first-order chi connectivity index (χ1) is 25.3. The summed E-state index contributed by atoms with van der Waals surface area (Å²) in [5.41, 5.74) is 9.32. The van der Waals surface area contributed by atoms with Gasteiger partial charge in [-0.25, -0.2) is 0 Å². The van der Waals surface area contributed by atoms with Crippen molar-refractivity contribution >= 4 is 65.5 Å². The maximum atomic E-state index is 3.90. The molecule has 0 atom stereocenters. The average molecular weight is 653 g/mol. The van der Waals surface area contributed by atoms with Crippen LogP contribution < -0.4 is 4.90 Å². The molecular formula is C49H36N2. The number of para-hydroxylation sites is 3. The molecule has 0 N–H and O–H groups in total. The number of hydrogen-bond acceptors (Lipinski definition) is 1. The fourth-order valence-corrected chi connectivity index (χ4v) is 7.89. The molecule has 0 aliphatic carbocycles. The minimum absolute atomic E-state index is 1.08. The molecule has 0 amide bonds. The molecule has 0 fully saturated rings. The first kappa shape index (κ1) is 30.4. The highest BCUT2D eigenvalue weighted by atomic mass is 15.1. The van der Waals surface area contributed by atoms with Gasteiger partial charge >= 0.3 is 0 Å². The largest absolute Gasteiger partial charge is 0.311 e. The highest BCUT2D eigenvalue weighted by Crippen LogP contribution is 2.47. The molecule has 0 saturated heterocycles. The first-order valence-electron chi connectivity index (χ1n) is 17.5. The zero-order valence-corrected chi connectivity index (χ0v) is 28.5. The van der Waals surface area contributed by atoms with Gasteiger partial charge < -0.3 is 9.47 Å². The lowest BCUT2D eigenvalue weighted by Gasteiger charge is -2.26. The van der Waals surface area contributed by atoms with E-state index in [1.807, 2.05) is 12.2 Å². The van der Waals surface area contributed by atoms with Gasteiger partial charge in [0, 0.05) is 44.3 Å². The number of hydrogen-bond donors (Lipinski definition) is 0. The maximum Gasteiger partial charge on any atom is 0.0626 e. The number of anilines is 2. The number of nitrogens with zero attached hydrogens (tertiary/aromatic N) is 2. The van der Waals surface area contributed by atoms with Crippen molar-refractivity contribution in [2.24, 2.45) is 0 Å². The Morgan fingerprint density at radius 3 is 1.84 bits per heavy atom. The molecule has 0 saturated carbocycles. The Bertz CT molecular complexity index is 2800. The van der Waals surface area contributed by atoms with Crippen LogP contribution in [0.2, 0.25) is 0 Å². The maximum absolute atomic E-state index is 3.90. The topological polar surface area (TPSA) is 8.17 Å². The van der Waals surface area contributed by atoms with Crippen LogP contribution in [0.1, 0.15) is 6.92 Å². The minimum atomic E-state index is 1.08. The van der Waals surface area contributed by atoms with E-state index in [1.54, 1.807) is 0 Å². The van der Waals surface area contributed by atoms with Crippen LogP contribution >= 0.6 is 0 Å². The van der Waals surface area contributed by atoms with Gasteiger partial charge in [-0.1, -0.05) is 140 Å². The molecule has 9 rings (SSSR count). The van der Waals surface area contributed by atoms with Gasteiger partial charge in [-0.15, -0.1) is 0 Å². The molecule has 0 unspecified atom stereocenters. The zero-order valence-electron chi connectivity index (χ0n) is 28.5. The predicted octanol–water partition coefficient (Wildman–Crippen LogP) is 13.7. The summed E-state index contributed by atoms with van der Waals surface area (Å²) < 4.78 is 2.45. The van der Waals surface area contributed by atoms with Crippen molar-refractivity contribution < 1.29 is 0 Å². The molecule has 1 aromatic heterocycles. The molecule has 8 aromatic carbocycles. The van der Waals surface area contributed by atoms with Crippen molar-refractivity contribution in [1.82, 2.24) is 4.57 Å². The molecule has 2 heteroatoms. The minimum Gasteiger partial charge on any atom is -0.311 e. The molecule has 1 heterocycles. The van der Waals surface area contributed by atoms with Gasteiger partial charge in [-0.3, -0.25) is 0 Å². The van der Waals surface area contributed by atoms with E-state index >= 15 is 0 Å². The molecule has 0 bridgehead atoms. The highest BCUT2D eigenvalue weighted by Gasteiger charge is 2.22. The summed E-state index contributed by atoms with van der Waals surface area (Å²) >= 11 is 0. The van der Waals surface area contributed by atoms with Crippen molar-refractivity contribution in [2.45, 2.75) is 6.92 Å². The predicted molar refractivity (Wildman–Crippen MR) is 220 cm³/mol. The lowest BCUT2D eigenvalue weighted by atomic mass is 9.88. The van der Waals surface area contributed by atoms with Gasteiger partial charge in [0.1, 0.15) is 0 Å². The Kier molecular flexibility index (Phi) is 7.56. The highest BCUT2D eigenvalue weighted by molar-refractivity contribution is 6.38. The van der Waals surface area contributed by atoms with Crippen molar-refractivity contribution in [1.29, 1.82) is 0 Å². The van der Waals surface area contributed by atoms with Crippen LogP contribution in [0.5, 0.6) is 0 Å². The molecule has 9 aromatic rings. The first-order valence-corrected chi connectivity index (χ1v) is 17.5. The van der Waals surface area contributed by atoms with E-state index in [1.165, 1.54) is 70.9 Å². The van der Waals surface area contributed by atoms with Crippen molar-refractivity contribution in [3.63, 3.8) is 0 Å². The number of fused-ring (bicyclic) bond motifs is 10. The molecule has 2 nitrogen and oxygen atoms in total. The van der Waals surface area contributed by atoms with E-state index in [9.17, 15) is 0 Å². The second-order valence-corrected chi connectivity index (χ2v) is 12.9. The van der Waals surface area contributed by atoms with E-state index < -0.39 is 0 Å². The quantitative estimate of drug-likeness (QED) is 0.123. The van der Waals surface area contributed by atoms with E-state index in [2.05, 4.69) is 199 Å². The fraction of sp³-hybridized carbons (Fsp3) is 0.0204. The summed E-state index contributed by atoms with van der Waals surface area (Å²) in [6.07, 6.45) is 8.04. The summed E-state index contributed by atoms with van der Waals surface area (Å²) in [7, 11) is 0. The zero-order chi connectivity index (χ0) is 34.3. The van der Waals surface area contributed by atoms with Crippen molar-refractivity contribution in [3.8, 4) is 16.8 Å². The Labute approximate surface area is 298 Å². The van der Waals surface area contributed by atoms with Gasteiger partial charge in [0.2, 0.25) is 0 Å². The Morgan fingerprint density at radius 1 is 0.549 bits per heavy atom. The number of aromatic nitrogens is 1. The fourth-order valence-electron chi connectivity index (χ4n) is 7.89. The average Bonchev–Trinajstić information content (AvgIpc) is 3.55. The Morgan fingerprint density at radius 2 is 1.14 bits per heavy atom. The lowest BCUT2D eigenvalue weighted by molar-refractivity contribution is 1.19. The summed E-state index contributed by atoms with van der Waals surface area (Å²) in [5.74, 6) is 0. The normalized spacial score (nSPS) is 12.1. The summed E-state index contributed by atoms with van der Waals surface area (Å²) in [6, 6.07) is 59.5. The van der Waals surface area contributed by atoms with Gasteiger partial charge in [0.25, 0.3) is 0 Å². The second-order valence-electron chi connectivity index (χ2n) is 12.9. The molecule has 0 radical (unpaired) electrons. The van der Waals surface area contributed by atoms with Gasteiger partial charge in [-0.2, -0.15) is 0 Å². The van der Waals surface area contributed by atoms with Crippen LogP contribution in [0.25, 0.3) is 70.9 Å². The molecule has 51 heavy (non-hydrogen) atoms. The number of rotatable bonds is 7. The molecule has 0 aliphatic rings.